The standard InChI is InChI=1S/C30H23F4N5O2/c31-23-15-13-21(14-16-23)28(29(41)35-18-20-7-2-1-3-8-20)39(24-10-6-9-22(17-24)30(32,33)34)27(40)19-38-26-12-5-4-11-25(26)36-37-38/h1-17,28H,18-19H2,(H,35,41). The van der Waals surface area contributed by atoms with Crippen LogP contribution in [0.25, 0.3) is 11.0 Å². The van der Waals surface area contributed by atoms with Crippen molar-refractivity contribution in [3.05, 3.63) is 126 Å². The third-order valence-electron chi connectivity index (χ3n) is 6.43. The first kappa shape index (κ1) is 27.5. The molecule has 0 radical (unpaired) electrons. The molecule has 0 saturated heterocycles. The lowest BCUT2D eigenvalue weighted by atomic mass is 10.0. The number of carbonyl (C=O) groups is 2. The van der Waals surface area contributed by atoms with Crippen LogP contribution in [0, 0.1) is 5.82 Å². The predicted molar refractivity (Wildman–Crippen MR) is 144 cm³/mol. The van der Waals surface area contributed by atoms with Crippen molar-refractivity contribution in [2.45, 2.75) is 25.3 Å². The fraction of sp³-hybridized carbons (Fsp3) is 0.133. The summed E-state index contributed by atoms with van der Waals surface area (Å²) in [4.78, 5) is 28.7. The number of alkyl halides is 3. The molecular formula is C30H23F4N5O2. The molecule has 0 spiro atoms. The molecular weight excluding hydrogens is 538 g/mol. The summed E-state index contributed by atoms with van der Waals surface area (Å²) >= 11 is 0. The van der Waals surface area contributed by atoms with Crippen LogP contribution in [-0.2, 0) is 28.9 Å². The van der Waals surface area contributed by atoms with Crippen LogP contribution in [0.1, 0.15) is 22.7 Å². The fourth-order valence-corrected chi connectivity index (χ4v) is 4.45. The molecule has 0 aliphatic rings. The summed E-state index contributed by atoms with van der Waals surface area (Å²) in [5.41, 5.74) is 0.842. The fourth-order valence-electron chi connectivity index (χ4n) is 4.45. The highest BCUT2D eigenvalue weighted by atomic mass is 19.4. The van der Waals surface area contributed by atoms with Gasteiger partial charge in [-0.15, -0.1) is 5.10 Å². The van der Waals surface area contributed by atoms with Crippen molar-refractivity contribution in [3.63, 3.8) is 0 Å². The molecule has 1 N–H and O–H groups in total. The van der Waals surface area contributed by atoms with E-state index in [0.717, 1.165) is 40.8 Å². The Hall–Kier alpha value is -5.06. The molecule has 7 nitrogen and oxygen atoms in total. The third-order valence-corrected chi connectivity index (χ3v) is 6.43. The Kier molecular flexibility index (Phi) is 7.77. The average molecular weight is 562 g/mol. The normalized spacial score (nSPS) is 12.2. The number of hydrogen-bond acceptors (Lipinski definition) is 4. The molecule has 1 atom stereocenters. The number of nitrogens with one attached hydrogen (secondary N) is 1. The summed E-state index contributed by atoms with van der Waals surface area (Å²) < 4.78 is 56.3. The Morgan fingerprint density at radius 2 is 1.59 bits per heavy atom. The van der Waals surface area contributed by atoms with Crippen LogP contribution in [0.15, 0.2) is 103 Å². The first-order valence-corrected chi connectivity index (χ1v) is 12.6. The van der Waals surface area contributed by atoms with Crippen LogP contribution in [0.5, 0.6) is 0 Å². The van der Waals surface area contributed by atoms with Gasteiger partial charge in [0.05, 0.1) is 11.1 Å². The zero-order valence-corrected chi connectivity index (χ0v) is 21.4. The van der Waals surface area contributed by atoms with Crippen molar-refractivity contribution in [2.24, 2.45) is 0 Å². The van der Waals surface area contributed by atoms with Gasteiger partial charge in [-0.3, -0.25) is 14.5 Å². The minimum absolute atomic E-state index is 0.0930. The maximum absolute atomic E-state index is 14.0. The summed E-state index contributed by atoms with van der Waals surface area (Å²) in [6.07, 6.45) is -4.70. The smallest absolute Gasteiger partial charge is 0.350 e. The van der Waals surface area contributed by atoms with E-state index < -0.39 is 42.0 Å². The maximum Gasteiger partial charge on any atom is 0.416 e. The minimum Gasteiger partial charge on any atom is -0.350 e. The number of anilines is 1. The summed E-state index contributed by atoms with van der Waals surface area (Å²) in [7, 11) is 0. The summed E-state index contributed by atoms with van der Waals surface area (Å²) in [6, 6.07) is 23.4. The highest BCUT2D eigenvalue weighted by Gasteiger charge is 2.36. The molecule has 208 valence electrons. The van der Waals surface area contributed by atoms with Gasteiger partial charge in [0.1, 0.15) is 23.9 Å². The number of para-hydroxylation sites is 1. The molecule has 0 bridgehead atoms. The molecule has 1 unspecified atom stereocenters. The first-order chi connectivity index (χ1) is 19.7. The number of amides is 2. The van der Waals surface area contributed by atoms with Crippen molar-refractivity contribution < 1.29 is 27.2 Å². The third kappa shape index (κ3) is 6.24. The number of benzene rings is 4. The van der Waals surface area contributed by atoms with Gasteiger partial charge >= 0.3 is 6.18 Å². The molecule has 5 rings (SSSR count). The van der Waals surface area contributed by atoms with Crippen molar-refractivity contribution >= 4 is 28.5 Å². The average Bonchev–Trinajstić information content (AvgIpc) is 3.38. The second-order valence-electron chi connectivity index (χ2n) is 9.21. The first-order valence-electron chi connectivity index (χ1n) is 12.6. The van der Waals surface area contributed by atoms with Gasteiger partial charge in [-0.05, 0) is 53.6 Å². The Balaban J connectivity index is 1.59. The van der Waals surface area contributed by atoms with Gasteiger partial charge in [0.15, 0.2) is 0 Å². The van der Waals surface area contributed by atoms with Crippen LogP contribution in [-0.4, -0.2) is 26.8 Å². The molecule has 41 heavy (non-hydrogen) atoms. The van der Waals surface area contributed by atoms with E-state index in [0.29, 0.717) is 11.0 Å². The number of hydrogen-bond donors (Lipinski definition) is 1. The van der Waals surface area contributed by atoms with Gasteiger partial charge in [-0.1, -0.05) is 65.9 Å². The van der Waals surface area contributed by atoms with Crippen LogP contribution in [0.4, 0.5) is 23.2 Å². The molecule has 1 heterocycles. The molecule has 0 saturated carbocycles. The number of aromatic nitrogens is 3. The molecule has 5 aromatic rings. The SMILES string of the molecule is O=C(NCc1ccccc1)C(c1ccc(F)cc1)N(C(=O)Cn1nnc2ccccc21)c1cccc(C(F)(F)F)c1. The Morgan fingerprint density at radius 1 is 0.878 bits per heavy atom. The van der Waals surface area contributed by atoms with Gasteiger partial charge < -0.3 is 5.32 Å². The lowest BCUT2D eigenvalue weighted by Gasteiger charge is -2.32. The van der Waals surface area contributed by atoms with E-state index in [-0.39, 0.29) is 17.8 Å². The van der Waals surface area contributed by atoms with Crippen LogP contribution < -0.4 is 10.2 Å². The molecule has 2 amide bonds. The Morgan fingerprint density at radius 3 is 2.32 bits per heavy atom. The van der Waals surface area contributed by atoms with Crippen LogP contribution in [0.2, 0.25) is 0 Å². The Labute approximate surface area is 232 Å². The summed E-state index contributed by atoms with van der Waals surface area (Å²) in [5.74, 6) is -1.98. The van der Waals surface area contributed by atoms with E-state index in [1.165, 1.54) is 22.9 Å². The molecule has 1 aromatic heterocycles. The van der Waals surface area contributed by atoms with Gasteiger partial charge in [-0.2, -0.15) is 13.2 Å². The number of halogens is 4. The number of fused-ring (bicyclic) bond motifs is 1. The number of rotatable bonds is 8. The molecule has 4 aromatic carbocycles. The zero-order valence-electron chi connectivity index (χ0n) is 21.4. The second kappa shape index (κ2) is 11.6. The lowest BCUT2D eigenvalue weighted by molar-refractivity contribution is -0.137. The number of nitrogens with zero attached hydrogens (tertiary/aromatic N) is 4. The molecule has 11 heteroatoms. The topological polar surface area (TPSA) is 80.1 Å². The summed E-state index contributed by atoms with van der Waals surface area (Å²) in [5, 5.41) is 10.8. The van der Waals surface area contributed by atoms with E-state index in [4.69, 9.17) is 0 Å². The summed E-state index contributed by atoms with van der Waals surface area (Å²) in [6.45, 7) is -0.337. The highest BCUT2D eigenvalue weighted by molar-refractivity contribution is 6.01. The minimum atomic E-state index is -4.70. The van der Waals surface area contributed by atoms with E-state index in [2.05, 4.69) is 15.6 Å². The van der Waals surface area contributed by atoms with Gasteiger partial charge in [0.25, 0.3) is 0 Å². The largest absolute Gasteiger partial charge is 0.416 e. The van der Waals surface area contributed by atoms with E-state index in [1.54, 1.807) is 48.5 Å². The quantitative estimate of drug-likeness (QED) is 0.247. The number of carbonyl (C=O) groups excluding carboxylic acids is 2. The van der Waals surface area contributed by atoms with Crippen molar-refractivity contribution in [3.8, 4) is 0 Å². The van der Waals surface area contributed by atoms with Gasteiger partial charge in [0.2, 0.25) is 11.8 Å². The van der Waals surface area contributed by atoms with E-state index in [9.17, 15) is 27.2 Å². The highest BCUT2D eigenvalue weighted by Crippen LogP contribution is 2.35. The molecule has 0 aliphatic heterocycles. The van der Waals surface area contributed by atoms with Crippen molar-refractivity contribution in [1.82, 2.24) is 20.3 Å². The van der Waals surface area contributed by atoms with E-state index in [1.807, 2.05) is 6.07 Å². The van der Waals surface area contributed by atoms with Crippen LogP contribution in [0.3, 0.4) is 0 Å². The lowest BCUT2D eigenvalue weighted by Crippen LogP contribution is -2.45. The molecule has 0 aliphatic carbocycles. The van der Waals surface area contributed by atoms with Crippen molar-refractivity contribution in [2.75, 3.05) is 4.90 Å². The monoisotopic (exact) mass is 561 g/mol. The zero-order chi connectivity index (χ0) is 29.0. The maximum atomic E-state index is 14.0. The van der Waals surface area contributed by atoms with Crippen molar-refractivity contribution in [1.29, 1.82) is 0 Å². The second-order valence-corrected chi connectivity index (χ2v) is 9.21. The molecule has 0 fully saturated rings. The van der Waals surface area contributed by atoms with Gasteiger partial charge in [-0.25, -0.2) is 9.07 Å². The predicted octanol–water partition coefficient (Wildman–Crippen LogP) is 5.68. The van der Waals surface area contributed by atoms with Gasteiger partial charge in [0, 0.05) is 12.2 Å². The van der Waals surface area contributed by atoms with E-state index >= 15 is 0 Å². The Bertz CT molecular complexity index is 1670. The van der Waals surface area contributed by atoms with Crippen LogP contribution >= 0.6 is 0 Å².